The highest BCUT2D eigenvalue weighted by molar-refractivity contribution is 6.20. The van der Waals surface area contributed by atoms with Gasteiger partial charge in [0.25, 0.3) is 11.8 Å². The summed E-state index contributed by atoms with van der Waals surface area (Å²) >= 11 is 0. The fraction of sp³-hybridized carbons (Fsp3) is 0.417. The van der Waals surface area contributed by atoms with E-state index in [1.165, 1.54) is 25.1 Å². The summed E-state index contributed by atoms with van der Waals surface area (Å²) in [5.41, 5.74) is 1.43. The van der Waals surface area contributed by atoms with Gasteiger partial charge >= 0.3 is 5.97 Å². The third-order valence-electron chi connectivity index (χ3n) is 5.46. The van der Waals surface area contributed by atoms with Gasteiger partial charge in [0.15, 0.2) is 0 Å². The number of methoxy groups -OCH3 is 1. The number of rotatable bonds is 9. The average molecular weight is 427 g/mol. The number of carbonyl (C=O) groups is 4. The highest BCUT2D eigenvalue weighted by atomic mass is 16.5. The van der Waals surface area contributed by atoms with E-state index < -0.39 is 11.9 Å². The van der Waals surface area contributed by atoms with E-state index in [0.717, 1.165) is 12.8 Å². The van der Waals surface area contributed by atoms with E-state index >= 15 is 0 Å². The first-order valence-corrected chi connectivity index (χ1v) is 10.5. The number of nitrogens with one attached hydrogen (secondary N) is 1. The Morgan fingerprint density at radius 3 is 2.10 bits per heavy atom. The van der Waals surface area contributed by atoms with Gasteiger partial charge in [0, 0.05) is 29.6 Å². The van der Waals surface area contributed by atoms with Crippen LogP contribution in [0.4, 0.5) is 0 Å². The molecule has 1 N–H and O–H groups in total. The largest absolute Gasteiger partial charge is 0.465 e. The van der Waals surface area contributed by atoms with Crippen molar-refractivity contribution in [3.8, 4) is 0 Å². The maximum atomic E-state index is 13.5. The predicted octanol–water partition coefficient (Wildman–Crippen LogP) is 3.86. The average Bonchev–Trinajstić information content (AvgIpc) is 2.78. The SMILES string of the molecule is CCCC(CCC)N(C=O)C(=O)c1ccc(C(=O)NC)c2c(C(=O)OC)ccc(C)c12. The standard InChI is InChI=1S/C24H30N2O5/c1-6-8-16(9-7-2)26(14-27)23(29)18-13-12-17(22(28)25-4)21-19(24(30)31-5)11-10-15(3)20(18)21/h10-14,16H,6-9H2,1-5H3,(H,25,28). The molecule has 2 rings (SSSR count). The lowest BCUT2D eigenvalue weighted by Crippen LogP contribution is -2.39. The molecule has 0 radical (unpaired) electrons. The number of imide groups is 1. The first-order chi connectivity index (χ1) is 14.9. The van der Waals surface area contributed by atoms with Crippen LogP contribution < -0.4 is 5.32 Å². The molecular formula is C24H30N2O5. The highest BCUT2D eigenvalue weighted by Gasteiger charge is 2.28. The van der Waals surface area contributed by atoms with Gasteiger partial charge in [-0.3, -0.25) is 19.3 Å². The molecule has 7 heteroatoms. The molecule has 2 aromatic rings. The number of carbonyl (C=O) groups excluding carboxylic acids is 4. The molecule has 0 spiro atoms. The third-order valence-corrected chi connectivity index (χ3v) is 5.46. The number of ether oxygens (including phenoxy) is 1. The van der Waals surface area contributed by atoms with Crippen molar-refractivity contribution >= 4 is 35.0 Å². The minimum Gasteiger partial charge on any atom is -0.465 e. The minimum atomic E-state index is -0.609. The maximum absolute atomic E-state index is 13.5. The Bertz CT molecular complexity index is 971. The first-order valence-electron chi connectivity index (χ1n) is 10.5. The minimum absolute atomic E-state index is 0.188. The van der Waals surface area contributed by atoms with Crippen LogP contribution in [0.25, 0.3) is 10.8 Å². The molecular weight excluding hydrogens is 396 g/mol. The van der Waals surface area contributed by atoms with Gasteiger partial charge in [0.2, 0.25) is 6.41 Å². The molecule has 2 aromatic carbocycles. The zero-order valence-electron chi connectivity index (χ0n) is 18.8. The van der Waals surface area contributed by atoms with Gasteiger partial charge in [0.05, 0.1) is 12.7 Å². The molecule has 0 saturated heterocycles. The van der Waals surface area contributed by atoms with Crippen LogP contribution in [0.1, 0.15) is 76.2 Å². The van der Waals surface area contributed by atoms with Crippen molar-refractivity contribution in [2.24, 2.45) is 0 Å². The van der Waals surface area contributed by atoms with Crippen molar-refractivity contribution < 1.29 is 23.9 Å². The number of nitrogens with zero attached hydrogens (tertiary/aromatic N) is 1. The molecule has 0 aliphatic heterocycles. The van der Waals surface area contributed by atoms with Gasteiger partial charge in [-0.2, -0.15) is 0 Å². The molecule has 0 bridgehead atoms. The molecule has 3 amide bonds. The number of fused-ring (bicyclic) bond motifs is 1. The van der Waals surface area contributed by atoms with Crippen LogP contribution in [0.15, 0.2) is 24.3 Å². The summed E-state index contributed by atoms with van der Waals surface area (Å²) in [6, 6.07) is 6.14. The Morgan fingerprint density at radius 1 is 1.00 bits per heavy atom. The topological polar surface area (TPSA) is 92.8 Å². The molecule has 0 saturated carbocycles. The van der Waals surface area contributed by atoms with E-state index in [1.54, 1.807) is 25.1 Å². The van der Waals surface area contributed by atoms with Crippen LogP contribution >= 0.6 is 0 Å². The van der Waals surface area contributed by atoms with Gasteiger partial charge in [-0.15, -0.1) is 0 Å². The van der Waals surface area contributed by atoms with Crippen molar-refractivity contribution in [2.75, 3.05) is 14.2 Å². The lowest BCUT2D eigenvalue weighted by molar-refractivity contribution is -0.117. The molecule has 0 fully saturated rings. The number of hydrogen-bond donors (Lipinski definition) is 1. The molecule has 0 heterocycles. The fourth-order valence-electron chi connectivity index (χ4n) is 3.98. The second kappa shape index (κ2) is 10.7. The summed E-state index contributed by atoms with van der Waals surface area (Å²) in [6.07, 6.45) is 3.67. The third kappa shape index (κ3) is 4.76. The first kappa shape index (κ1) is 24.1. The van der Waals surface area contributed by atoms with Crippen molar-refractivity contribution in [1.82, 2.24) is 10.2 Å². The van der Waals surface area contributed by atoms with Crippen LogP contribution in [0.2, 0.25) is 0 Å². The Kier molecular flexibility index (Phi) is 8.30. The number of amides is 3. The van der Waals surface area contributed by atoms with Gasteiger partial charge in [-0.25, -0.2) is 4.79 Å². The summed E-state index contributed by atoms with van der Waals surface area (Å²) in [4.78, 5) is 51.7. The fourth-order valence-corrected chi connectivity index (χ4v) is 3.98. The molecule has 0 atom stereocenters. The van der Waals surface area contributed by atoms with Gasteiger partial charge in [-0.1, -0.05) is 32.8 Å². The molecule has 0 aromatic heterocycles. The van der Waals surface area contributed by atoms with E-state index in [4.69, 9.17) is 4.74 Å². The Hall–Kier alpha value is -3.22. The maximum Gasteiger partial charge on any atom is 0.338 e. The summed E-state index contributed by atoms with van der Waals surface area (Å²) in [5, 5.41) is 3.37. The quantitative estimate of drug-likeness (QED) is 0.485. The molecule has 166 valence electrons. The number of benzene rings is 2. The molecule has 0 aliphatic rings. The molecule has 7 nitrogen and oxygen atoms in total. The lowest BCUT2D eigenvalue weighted by Gasteiger charge is -2.27. The number of hydrogen-bond acceptors (Lipinski definition) is 5. The summed E-state index contributed by atoms with van der Waals surface area (Å²) < 4.78 is 4.90. The van der Waals surface area contributed by atoms with Crippen molar-refractivity contribution in [3.05, 3.63) is 46.5 Å². The van der Waals surface area contributed by atoms with Gasteiger partial charge in [-0.05, 0) is 48.9 Å². The second-order valence-corrected chi connectivity index (χ2v) is 7.46. The van der Waals surface area contributed by atoms with Crippen LogP contribution in [0.3, 0.4) is 0 Å². The number of aryl methyl sites for hydroxylation is 1. The van der Waals surface area contributed by atoms with Crippen molar-refractivity contribution in [2.45, 2.75) is 52.5 Å². The summed E-state index contributed by atoms with van der Waals surface area (Å²) in [7, 11) is 2.76. The van der Waals surface area contributed by atoms with Crippen LogP contribution in [0.5, 0.6) is 0 Å². The van der Waals surface area contributed by atoms with E-state index in [-0.39, 0.29) is 28.6 Å². The van der Waals surface area contributed by atoms with Crippen molar-refractivity contribution in [1.29, 1.82) is 0 Å². The zero-order chi connectivity index (χ0) is 23.1. The molecule has 0 aliphatic carbocycles. The second-order valence-electron chi connectivity index (χ2n) is 7.46. The Balaban J connectivity index is 2.82. The van der Waals surface area contributed by atoms with Crippen molar-refractivity contribution in [3.63, 3.8) is 0 Å². The molecule has 0 unspecified atom stereocenters. The number of esters is 1. The Labute approximate surface area is 182 Å². The van der Waals surface area contributed by atoms with Gasteiger partial charge in [0.1, 0.15) is 0 Å². The molecule has 31 heavy (non-hydrogen) atoms. The van der Waals surface area contributed by atoms with Crippen LogP contribution in [-0.2, 0) is 9.53 Å². The van der Waals surface area contributed by atoms with E-state index in [0.29, 0.717) is 35.6 Å². The van der Waals surface area contributed by atoms with E-state index in [2.05, 4.69) is 5.32 Å². The van der Waals surface area contributed by atoms with Crippen LogP contribution in [-0.4, -0.2) is 49.3 Å². The Morgan fingerprint density at radius 2 is 1.58 bits per heavy atom. The van der Waals surface area contributed by atoms with E-state index in [9.17, 15) is 19.2 Å². The highest BCUT2D eigenvalue weighted by Crippen LogP contribution is 2.31. The van der Waals surface area contributed by atoms with Gasteiger partial charge < -0.3 is 10.1 Å². The van der Waals surface area contributed by atoms with Crippen LogP contribution in [0, 0.1) is 6.92 Å². The van der Waals surface area contributed by atoms with E-state index in [1.807, 2.05) is 13.8 Å². The normalized spacial score (nSPS) is 10.8. The summed E-state index contributed by atoms with van der Waals surface area (Å²) in [6.45, 7) is 5.82. The monoisotopic (exact) mass is 426 g/mol. The lowest BCUT2D eigenvalue weighted by atomic mass is 9.91. The smallest absolute Gasteiger partial charge is 0.338 e. The predicted molar refractivity (Wildman–Crippen MR) is 119 cm³/mol. The summed E-state index contributed by atoms with van der Waals surface area (Å²) in [5.74, 6) is -1.44. The zero-order valence-corrected chi connectivity index (χ0v) is 18.8.